The maximum Gasteiger partial charge on any atom is 0.271 e. The van der Waals surface area contributed by atoms with Crippen molar-refractivity contribution in [3.05, 3.63) is 56.6 Å². The van der Waals surface area contributed by atoms with E-state index >= 15 is 0 Å². The molecule has 2 rings (SSSR count). The summed E-state index contributed by atoms with van der Waals surface area (Å²) < 4.78 is 32.0. The molecule has 0 aliphatic rings. The van der Waals surface area contributed by atoms with Gasteiger partial charge in [0, 0.05) is 22.2 Å². The third-order valence-electron chi connectivity index (χ3n) is 2.78. The van der Waals surface area contributed by atoms with E-state index in [1.807, 2.05) is 0 Å². The normalized spacial score (nSPS) is 11.1. The van der Waals surface area contributed by atoms with Gasteiger partial charge in [0.2, 0.25) is 0 Å². The summed E-state index contributed by atoms with van der Waals surface area (Å²) in [5, 5.41) is 11.1. The van der Waals surface area contributed by atoms with E-state index in [1.54, 1.807) is 0 Å². The molecular formula is C13H10Cl2N2O5S. The van der Waals surface area contributed by atoms with Crippen LogP contribution in [0.15, 0.2) is 41.3 Å². The summed E-state index contributed by atoms with van der Waals surface area (Å²) in [7, 11) is -2.74. The van der Waals surface area contributed by atoms with E-state index in [-0.39, 0.29) is 32.1 Å². The van der Waals surface area contributed by atoms with Crippen LogP contribution in [0.5, 0.6) is 5.75 Å². The molecule has 2 aromatic carbocycles. The molecule has 0 aliphatic carbocycles. The molecule has 23 heavy (non-hydrogen) atoms. The Morgan fingerprint density at radius 3 is 2.26 bits per heavy atom. The number of sulfonamides is 1. The predicted molar refractivity (Wildman–Crippen MR) is 86.9 cm³/mol. The lowest BCUT2D eigenvalue weighted by molar-refractivity contribution is -0.384. The lowest BCUT2D eigenvalue weighted by Crippen LogP contribution is -2.14. The summed E-state index contributed by atoms with van der Waals surface area (Å²) in [6.07, 6.45) is 0. The minimum atomic E-state index is -4.05. The van der Waals surface area contributed by atoms with E-state index in [0.29, 0.717) is 0 Å². The highest BCUT2D eigenvalue weighted by Crippen LogP contribution is 2.31. The smallest absolute Gasteiger partial charge is 0.271 e. The lowest BCUT2D eigenvalue weighted by atomic mass is 10.2. The number of anilines is 1. The van der Waals surface area contributed by atoms with E-state index in [0.717, 1.165) is 6.07 Å². The first-order valence-corrected chi connectivity index (χ1v) is 8.28. The van der Waals surface area contributed by atoms with Crippen LogP contribution >= 0.6 is 23.2 Å². The van der Waals surface area contributed by atoms with Gasteiger partial charge in [0.05, 0.1) is 22.6 Å². The van der Waals surface area contributed by atoms with Gasteiger partial charge in [-0.1, -0.05) is 23.2 Å². The summed E-state index contributed by atoms with van der Waals surface area (Å²) >= 11 is 11.6. The molecule has 0 saturated carbocycles. The number of nitro benzene ring substituents is 1. The van der Waals surface area contributed by atoms with Gasteiger partial charge in [0.15, 0.2) is 0 Å². The number of hydrogen-bond donors (Lipinski definition) is 1. The van der Waals surface area contributed by atoms with Gasteiger partial charge in [-0.25, -0.2) is 8.42 Å². The molecule has 0 saturated heterocycles. The Hall–Kier alpha value is -2.03. The first-order chi connectivity index (χ1) is 10.7. The molecular weight excluding hydrogens is 367 g/mol. The van der Waals surface area contributed by atoms with Crippen LogP contribution in [0.25, 0.3) is 0 Å². The summed E-state index contributed by atoms with van der Waals surface area (Å²) in [6.45, 7) is 0. The fourth-order valence-corrected chi connectivity index (χ4v) is 3.56. The van der Waals surface area contributed by atoms with Crippen molar-refractivity contribution in [1.82, 2.24) is 0 Å². The molecule has 2 aromatic rings. The van der Waals surface area contributed by atoms with Crippen molar-refractivity contribution in [1.29, 1.82) is 0 Å². The van der Waals surface area contributed by atoms with Crippen LogP contribution in [0, 0.1) is 10.1 Å². The number of methoxy groups -OCH3 is 1. The maximum atomic E-state index is 12.4. The number of ether oxygens (including phenoxy) is 1. The average molecular weight is 377 g/mol. The topological polar surface area (TPSA) is 98.5 Å². The molecule has 0 heterocycles. The third-order valence-corrected chi connectivity index (χ3v) is 4.57. The fourth-order valence-electron chi connectivity index (χ4n) is 1.78. The number of nitrogens with zero attached hydrogens (tertiary/aromatic N) is 1. The Morgan fingerprint density at radius 2 is 1.74 bits per heavy atom. The van der Waals surface area contributed by atoms with E-state index in [9.17, 15) is 18.5 Å². The highest BCUT2D eigenvalue weighted by Gasteiger charge is 2.20. The van der Waals surface area contributed by atoms with Crippen molar-refractivity contribution in [3.8, 4) is 5.75 Å². The average Bonchev–Trinajstić information content (AvgIpc) is 2.45. The second-order valence-electron chi connectivity index (χ2n) is 4.35. The van der Waals surface area contributed by atoms with Crippen LogP contribution in [0.2, 0.25) is 10.0 Å². The van der Waals surface area contributed by atoms with Gasteiger partial charge in [-0.15, -0.1) is 0 Å². The molecule has 0 unspecified atom stereocenters. The van der Waals surface area contributed by atoms with Gasteiger partial charge < -0.3 is 4.74 Å². The largest absolute Gasteiger partial charge is 0.495 e. The first-order valence-electron chi connectivity index (χ1n) is 6.04. The molecule has 10 heteroatoms. The summed E-state index contributed by atoms with van der Waals surface area (Å²) in [6, 6.07) is 7.35. The Balaban J connectivity index is 2.47. The number of non-ortho nitro benzene ring substituents is 1. The Bertz CT molecular complexity index is 850. The number of nitro groups is 1. The van der Waals surface area contributed by atoms with Crippen molar-refractivity contribution in [3.63, 3.8) is 0 Å². The zero-order valence-corrected chi connectivity index (χ0v) is 13.9. The van der Waals surface area contributed by atoms with E-state index in [2.05, 4.69) is 4.72 Å². The highest BCUT2D eigenvalue weighted by atomic mass is 35.5. The Labute approximate surface area is 142 Å². The number of hydrogen-bond acceptors (Lipinski definition) is 5. The molecule has 7 nitrogen and oxygen atoms in total. The molecule has 0 bridgehead atoms. The van der Waals surface area contributed by atoms with Crippen LogP contribution < -0.4 is 9.46 Å². The van der Waals surface area contributed by atoms with Gasteiger partial charge in [0.25, 0.3) is 15.7 Å². The fraction of sp³-hybridized carbons (Fsp3) is 0.0769. The second kappa shape index (κ2) is 6.61. The van der Waals surface area contributed by atoms with Gasteiger partial charge in [-0.2, -0.15) is 0 Å². The van der Waals surface area contributed by atoms with Crippen LogP contribution in [-0.2, 0) is 10.0 Å². The zero-order chi connectivity index (χ0) is 17.2. The zero-order valence-electron chi connectivity index (χ0n) is 11.6. The molecule has 0 amide bonds. The summed E-state index contributed by atoms with van der Waals surface area (Å²) in [5.41, 5.74) is -0.356. The number of halogens is 2. The standard InChI is InChI=1S/C13H10Cl2N2O5S/c1-22-13-3-2-10(17(18)19)7-12(13)16-23(20,21)11-5-8(14)4-9(15)6-11/h2-7,16H,1H3. The van der Waals surface area contributed by atoms with E-state index < -0.39 is 14.9 Å². The number of nitrogens with one attached hydrogen (secondary N) is 1. The van der Waals surface area contributed by atoms with Gasteiger partial charge >= 0.3 is 0 Å². The van der Waals surface area contributed by atoms with Crippen LogP contribution in [0.1, 0.15) is 0 Å². The van der Waals surface area contributed by atoms with Gasteiger partial charge in [-0.3, -0.25) is 14.8 Å². The van der Waals surface area contributed by atoms with Crippen molar-refractivity contribution in [2.45, 2.75) is 4.90 Å². The lowest BCUT2D eigenvalue weighted by Gasteiger charge is -2.12. The number of rotatable bonds is 5. The van der Waals surface area contributed by atoms with Crippen LogP contribution in [-0.4, -0.2) is 20.5 Å². The molecule has 0 spiro atoms. The summed E-state index contributed by atoms with van der Waals surface area (Å²) in [5.74, 6) is 0.132. The van der Waals surface area contributed by atoms with Crippen molar-refractivity contribution >= 4 is 44.6 Å². The van der Waals surface area contributed by atoms with Gasteiger partial charge in [0.1, 0.15) is 5.75 Å². The molecule has 0 radical (unpaired) electrons. The molecule has 122 valence electrons. The van der Waals surface area contributed by atoms with E-state index in [1.165, 1.54) is 37.4 Å². The minimum absolute atomic E-state index is 0.0715. The Kier molecular flexibility index (Phi) is 4.98. The minimum Gasteiger partial charge on any atom is -0.495 e. The van der Waals surface area contributed by atoms with Crippen LogP contribution in [0.4, 0.5) is 11.4 Å². The second-order valence-corrected chi connectivity index (χ2v) is 6.91. The predicted octanol–water partition coefficient (Wildman–Crippen LogP) is 3.71. The summed E-state index contributed by atoms with van der Waals surface area (Å²) in [4.78, 5) is 10.0. The van der Waals surface area contributed by atoms with Crippen molar-refractivity contribution < 1.29 is 18.1 Å². The maximum absolute atomic E-state index is 12.4. The quantitative estimate of drug-likeness (QED) is 0.633. The van der Waals surface area contributed by atoms with Crippen molar-refractivity contribution in [2.75, 3.05) is 11.8 Å². The SMILES string of the molecule is COc1ccc([N+](=O)[O-])cc1NS(=O)(=O)c1cc(Cl)cc(Cl)c1. The molecule has 1 N–H and O–H groups in total. The Morgan fingerprint density at radius 1 is 1.13 bits per heavy atom. The molecule has 0 aromatic heterocycles. The molecule has 0 atom stereocenters. The monoisotopic (exact) mass is 376 g/mol. The molecule has 0 fully saturated rings. The van der Waals surface area contributed by atoms with Gasteiger partial charge in [-0.05, 0) is 24.3 Å². The molecule has 0 aliphatic heterocycles. The number of benzene rings is 2. The highest BCUT2D eigenvalue weighted by molar-refractivity contribution is 7.92. The van der Waals surface area contributed by atoms with Crippen LogP contribution in [0.3, 0.4) is 0 Å². The third kappa shape index (κ3) is 4.04. The van der Waals surface area contributed by atoms with Crippen molar-refractivity contribution in [2.24, 2.45) is 0 Å². The first kappa shape index (κ1) is 17.3. The van der Waals surface area contributed by atoms with E-state index in [4.69, 9.17) is 27.9 Å².